The molecule has 3 rings (SSSR count). The first kappa shape index (κ1) is 12.9. The van der Waals surface area contributed by atoms with Gasteiger partial charge in [0.05, 0.1) is 5.92 Å². The Labute approximate surface area is 121 Å². The van der Waals surface area contributed by atoms with Crippen LogP contribution >= 0.6 is 23.2 Å². The Morgan fingerprint density at radius 2 is 2.00 bits per heavy atom. The van der Waals surface area contributed by atoms with Crippen LogP contribution in [0.25, 0.3) is 0 Å². The van der Waals surface area contributed by atoms with Gasteiger partial charge >= 0.3 is 0 Å². The van der Waals surface area contributed by atoms with Crippen molar-refractivity contribution in [3.05, 3.63) is 23.8 Å². The van der Waals surface area contributed by atoms with Crippen LogP contribution in [0.3, 0.4) is 0 Å². The molecular formula is C13H13Cl2NO3. The van der Waals surface area contributed by atoms with Crippen molar-refractivity contribution in [2.75, 3.05) is 13.2 Å². The molecule has 0 spiro atoms. The van der Waals surface area contributed by atoms with Crippen LogP contribution in [0.15, 0.2) is 18.2 Å². The summed E-state index contributed by atoms with van der Waals surface area (Å²) in [5.74, 6) is 1.05. The predicted octanol–water partition coefficient (Wildman–Crippen LogP) is 2.27. The third-order valence-electron chi connectivity index (χ3n) is 3.22. The van der Waals surface area contributed by atoms with Crippen LogP contribution in [0.5, 0.6) is 11.5 Å². The van der Waals surface area contributed by atoms with Crippen molar-refractivity contribution in [1.82, 2.24) is 5.32 Å². The first-order valence-electron chi connectivity index (χ1n) is 6.10. The predicted molar refractivity (Wildman–Crippen MR) is 71.8 cm³/mol. The van der Waals surface area contributed by atoms with E-state index in [0.29, 0.717) is 31.9 Å². The molecule has 0 radical (unpaired) electrons. The van der Waals surface area contributed by atoms with Crippen LogP contribution in [-0.2, 0) is 11.3 Å². The summed E-state index contributed by atoms with van der Waals surface area (Å²) in [5.41, 5.74) is 0.952. The van der Waals surface area contributed by atoms with Crippen LogP contribution < -0.4 is 14.8 Å². The van der Waals surface area contributed by atoms with Gasteiger partial charge in [-0.3, -0.25) is 4.79 Å². The Hall–Kier alpha value is -1.13. The Bertz CT molecular complexity index is 519. The Kier molecular flexibility index (Phi) is 3.23. The van der Waals surface area contributed by atoms with E-state index in [1.54, 1.807) is 0 Å². The number of nitrogens with one attached hydrogen (secondary N) is 1. The quantitative estimate of drug-likeness (QED) is 0.871. The van der Waals surface area contributed by atoms with E-state index in [0.717, 1.165) is 11.3 Å². The van der Waals surface area contributed by atoms with Gasteiger partial charge in [0.15, 0.2) is 11.5 Å². The summed E-state index contributed by atoms with van der Waals surface area (Å²) >= 11 is 11.7. The van der Waals surface area contributed by atoms with Gasteiger partial charge < -0.3 is 14.8 Å². The zero-order valence-electron chi connectivity index (χ0n) is 10.1. The summed E-state index contributed by atoms with van der Waals surface area (Å²) in [6, 6.07) is 5.62. The van der Waals surface area contributed by atoms with Crippen LogP contribution in [0.4, 0.5) is 0 Å². The average Bonchev–Trinajstić information content (AvgIpc) is 3.05. The van der Waals surface area contributed by atoms with Crippen molar-refractivity contribution in [2.45, 2.75) is 17.3 Å². The number of fused-ring (bicyclic) bond motifs is 1. The van der Waals surface area contributed by atoms with Gasteiger partial charge in [0.2, 0.25) is 5.91 Å². The Morgan fingerprint density at radius 1 is 1.32 bits per heavy atom. The molecule has 19 heavy (non-hydrogen) atoms. The van der Waals surface area contributed by atoms with E-state index in [-0.39, 0.29) is 11.8 Å². The maximum absolute atomic E-state index is 11.7. The number of amides is 1. The fraction of sp³-hybridized carbons (Fsp3) is 0.462. The number of hydrogen-bond acceptors (Lipinski definition) is 3. The summed E-state index contributed by atoms with van der Waals surface area (Å²) in [6.45, 7) is 1.54. The molecule has 6 heteroatoms. The third kappa shape index (κ3) is 2.74. The summed E-state index contributed by atoms with van der Waals surface area (Å²) < 4.78 is 10.0. The number of rotatable bonds is 3. The van der Waals surface area contributed by atoms with E-state index in [2.05, 4.69) is 5.32 Å². The normalized spacial score (nSPS) is 22.7. The van der Waals surface area contributed by atoms with E-state index < -0.39 is 4.33 Å². The molecule has 0 saturated heterocycles. The van der Waals surface area contributed by atoms with Crippen LogP contribution in [-0.4, -0.2) is 23.5 Å². The highest BCUT2D eigenvalue weighted by atomic mass is 35.5. The average molecular weight is 302 g/mol. The molecule has 1 saturated carbocycles. The van der Waals surface area contributed by atoms with Gasteiger partial charge in [-0.25, -0.2) is 0 Å². The van der Waals surface area contributed by atoms with Gasteiger partial charge in [-0.2, -0.15) is 0 Å². The molecule has 2 aliphatic rings. The SMILES string of the molecule is O=C(NCc1ccc2c(c1)OCCO2)C1CC1(Cl)Cl. The highest BCUT2D eigenvalue weighted by Gasteiger charge is 2.56. The van der Waals surface area contributed by atoms with Gasteiger partial charge in [-0.15, -0.1) is 23.2 Å². The number of benzene rings is 1. The van der Waals surface area contributed by atoms with E-state index in [1.165, 1.54) is 0 Å². The number of carbonyl (C=O) groups is 1. The smallest absolute Gasteiger partial charge is 0.226 e. The lowest BCUT2D eigenvalue weighted by Crippen LogP contribution is -2.26. The van der Waals surface area contributed by atoms with Crippen LogP contribution in [0, 0.1) is 5.92 Å². The molecule has 0 bridgehead atoms. The second-order valence-electron chi connectivity index (χ2n) is 4.71. The zero-order chi connectivity index (χ0) is 13.5. The highest BCUT2D eigenvalue weighted by Crippen LogP contribution is 2.53. The van der Waals surface area contributed by atoms with E-state index in [9.17, 15) is 4.79 Å². The minimum absolute atomic E-state index is 0.111. The number of hydrogen-bond donors (Lipinski definition) is 1. The molecule has 1 aromatic rings. The number of ether oxygens (including phenoxy) is 2. The van der Waals surface area contributed by atoms with E-state index in [4.69, 9.17) is 32.7 Å². The topological polar surface area (TPSA) is 47.6 Å². The molecule has 1 N–H and O–H groups in total. The third-order valence-corrected chi connectivity index (χ3v) is 4.05. The molecule has 0 aromatic heterocycles. The van der Waals surface area contributed by atoms with Crippen molar-refractivity contribution >= 4 is 29.1 Å². The van der Waals surface area contributed by atoms with Gasteiger partial charge in [0.1, 0.15) is 17.5 Å². The monoisotopic (exact) mass is 301 g/mol. The fourth-order valence-corrected chi connectivity index (χ4v) is 2.51. The van der Waals surface area contributed by atoms with Gasteiger partial charge in [0.25, 0.3) is 0 Å². The van der Waals surface area contributed by atoms with Crippen molar-refractivity contribution in [1.29, 1.82) is 0 Å². The van der Waals surface area contributed by atoms with Gasteiger partial charge in [-0.05, 0) is 24.1 Å². The van der Waals surface area contributed by atoms with Crippen LogP contribution in [0.2, 0.25) is 0 Å². The van der Waals surface area contributed by atoms with Crippen molar-refractivity contribution in [2.24, 2.45) is 5.92 Å². The second-order valence-corrected chi connectivity index (χ2v) is 6.26. The van der Waals surface area contributed by atoms with E-state index in [1.807, 2.05) is 18.2 Å². The lowest BCUT2D eigenvalue weighted by Gasteiger charge is -2.19. The molecule has 1 aliphatic carbocycles. The largest absolute Gasteiger partial charge is 0.486 e. The summed E-state index contributed by atoms with van der Waals surface area (Å²) in [6.07, 6.45) is 0.517. The fourth-order valence-electron chi connectivity index (χ4n) is 2.01. The minimum Gasteiger partial charge on any atom is -0.486 e. The summed E-state index contributed by atoms with van der Waals surface area (Å²) in [7, 11) is 0. The lowest BCUT2D eigenvalue weighted by atomic mass is 10.2. The molecule has 1 unspecified atom stereocenters. The zero-order valence-corrected chi connectivity index (χ0v) is 11.6. The van der Waals surface area contributed by atoms with E-state index >= 15 is 0 Å². The molecule has 1 atom stereocenters. The first-order valence-corrected chi connectivity index (χ1v) is 6.86. The molecular weight excluding hydrogens is 289 g/mol. The van der Waals surface area contributed by atoms with Gasteiger partial charge in [-0.1, -0.05) is 6.07 Å². The van der Waals surface area contributed by atoms with Crippen molar-refractivity contribution < 1.29 is 14.3 Å². The Morgan fingerprint density at radius 3 is 2.68 bits per heavy atom. The molecule has 1 fully saturated rings. The molecule has 4 nitrogen and oxygen atoms in total. The summed E-state index contributed by atoms with van der Waals surface area (Å²) in [4.78, 5) is 11.7. The Balaban J connectivity index is 1.60. The maximum atomic E-state index is 11.7. The van der Waals surface area contributed by atoms with Crippen molar-refractivity contribution in [3.63, 3.8) is 0 Å². The lowest BCUT2D eigenvalue weighted by molar-refractivity contribution is -0.122. The highest BCUT2D eigenvalue weighted by molar-refractivity contribution is 6.52. The maximum Gasteiger partial charge on any atom is 0.226 e. The molecule has 1 amide bonds. The van der Waals surface area contributed by atoms with Crippen LogP contribution in [0.1, 0.15) is 12.0 Å². The van der Waals surface area contributed by atoms with Crippen molar-refractivity contribution in [3.8, 4) is 11.5 Å². The van der Waals surface area contributed by atoms with Gasteiger partial charge in [0, 0.05) is 6.54 Å². The molecule has 102 valence electrons. The standard InChI is InChI=1S/C13H13Cl2NO3/c14-13(15)6-9(13)12(17)16-7-8-1-2-10-11(5-8)19-4-3-18-10/h1-2,5,9H,3-4,6-7H2,(H,16,17). The molecule has 1 heterocycles. The molecule has 1 aromatic carbocycles. The minimum atomic E-state index is -0.878. The number of halogens is 2. The molecule has 1 aliphatic heterocycles. The second kappa shape index (κ2) is 4.76. The number of carbonyl (C=O) groups excluding carboxylic acids is 1. The summed E-state index contributed by atoms with van der Waals surface area (Å²) in [5, 5.41) is 2.82. The first-order chi connectivity index (χ1) is 9.06. The number of alkyl halides is 2.